The van der Waals surface area contributed by atoms with Crippen molar-refractivity contribution in [1.29, 1.82) is 5.26 Å². The first-order valence-electron chi connectivity index (χ1n) is 3.44. The van der Waals surface area contributed by atoms with E-state index in [-0.39, 0.29) is 5.92 Å². The summed E-state index contributed by atoms with van der Waals surface area (Å²) in [7, 11) is 1.58. The van der Waals surface area contributed by atoms with E-state index in [0.717, 1.165) is 12.8 Å². The molecule has 0 aliphatic carbocycles. The van der Waals surface area contributed by atoms with Crippen LogP contribution in [0, 0.1) is 17.2 Å². The standard InChI is InChI=1S/C8H13NO/c1-3-4-8(7-9)5-6-10-2/h5-6,8H,3-4H2,1-2H3. The van der Waals surface area contributed by atoms with Crippen molar-refractivity contribution in [3.63, 3.8) is 0 Å². The van der Waals surface area contributed by atoms with Crippen molar-refractivity contribution in [3.05, 3.63) is 12.3 Å². The maximum atomic E-state index is 8.53. The molecule has 0 saturated carbocycles. The fourth-order valence-corrected chi connectivity index (χ4v) is 0.688. The molecular weight excluding hydrogens is 126 g/mol. The summed E-state index contributed by atoms with van der Waals surface area (Å²) in [5, 5.41) is 8.53. The topological polar surface area (TPSA) is 33.0 Å². The molecule has 10 heavy (non-hydrogen) atoms. The van der Waals surface area contributed by atoms with Crippen LogP contribution in [-0.4, -0.2) is 7.11 Å². The zero-order chi connectivity index (χ0) is 7.82. The van der Waals surface area contributed by atoms with E-state index < -0.39 is 0 Å². The maximum Gasteiger partial charge on any atom is 0.0797 e. The quantitative estimate of drug-likeness (QED) is 0.559. The van der Waals surface area contributed by atoms with E-state index in [1.165, 1.54) is 0 Å². The Morgan fingerprint density at radius 2 is 2.40 bits per heavy atom. The summed E-state index contributed by atoms with van der Waals surface area (Å²) in [5.74, 6) is 0.0185. The number of ether oxygens (including phenoxy) is 1. The van der Waals surface area contributed by atoms with Gasteiger partial charge < -0.3 is 4.74 Å². The molecule has 1 atom stereocenters. The Morgan fingerprint density at radius 3 is 2.80 bits per heavy atom. The largest absolute Gasteiger partial charge is 0.505 e. The van der Waals surface area contributed by atoms with Gasteiger partial charge in [-0.15, -0.1) is 0 Å². The van der Waals surface area contributed by atoms with Crippen LogP contribution in [0.4, 0.5) is 0 Å². The number of allylic oxidation sites excluding steroid dienone is 1. The van der Waals surface area contributed by atoms with Gasteiger partial charge in [0.1, 0.15) is 0 Å². The third-order valence-corrected chi connectivity index (χ3v) is 1.21. The highest BCUT2D eigenvalue weighted by Crippen LogP contribution is 2.05. The molecule has 0 spiro atoms. The first kappa shape index (κ1) is 9.03. The summed E-state index contributed by atoms with van der Waals surface area (Å²) >= 11 is 0. The molecule has 0 rings (SSSR count). The van der Waals surface area contributed by atoms with E-state index in [1.807, 2.05) is 0 Å². The lowest BCUT2D eigenvalue weighted by molar-refractivity contribution is 0.334. The van der Waals surface area contributed by atoms with Gasteiger partial charge in [-0.2, -0.15) is 5.26 Å². The van der Waals surface area contributed by atoms with Crippen LogP contribution in [0.1, 0.15) is 19.8 Å². The second kappa shape index (κ2) is 6.15. The highest BCUT2D eigenvalue weighted by atomic mass is 16.5. The fourth-order valence-electron chi connectivity index (χ4n) is 0.688. The van der Waals surface area contributed by atoms with Crippen LogP contribution in [0.25, 0.3) is 0 Å². The minimum Gasteiger partial charge on any atom is -0.505 e. The summed E-state index contributed by atoms with van der Waals surface area (Å²) in [6.45, 7) is 2.06. The van der Waals surface area contributed by atoms with E-state index in [0.29, 0.717) is 0 Å². The van der Waals surface area contributed by atoms with Crippen LogP contribution in [0.5, 0.6) is 0 Å². The Labute approximate surface area is 62.1 Å². The Kier molecular flexibility index (Phi) is 5.56. The highest BCUT2D eigenvalue weighted by Gasteiger charge is 1.98. The molecule has 0 saturated heterocycles. The monoisotopic (exact) mass is 139 g/mol. The molecule has 2 heteroatoms. The lowest BCUT2D eigenvalue weighted by Crippen LogP contribution is -1.90. The van der Waals surface area contributed by atoms with Crippen molar-refractivity contribution >= 4 is 0 Å². The number of hydrogen-bond acceptors (Lipinski definition) is 2. The summed E-state index contributed by atoms with van der Waals surface area (Å²) in [6, 6.07) is 2.17. The van der Waals surface area contributed by atoms with Gasteiger partial charge in [-0.1, -0.05) is 13.3 Å². The Hall–Kier alpha value is -0.970. The van der Waals surface area contributed by atoms with Gasteiger partial charge >= 0.3 is 0 Å². The fraction of sp³-hybridized carbons (Fsp3) is 0.625. The number of nitrogens with zero attached hydrogens (tertiary/aromatic N) is 1. The van der Waals surface area contributed by atoms with Crippen LogP contribution in [0.3, 0.4) is 0 Å². The van der Waals surface area contributed by atoms with Gasteiger partial charge in [-0.05, 0) is 12.5 Å². The number of rotatable bonds is 4. The van der Waals surface area contributed by atoms with Gasteiger partial charge in [0.25, 0.3) is 0 Å². The van der Waals surface area contributed by atoms with Crippen LogP contribution >= 0.6 is 0 Å². The minimum atomic E-state index is 0.0185. The van der Waals surface area contributed by atoms with Crippen LogP contribution in [0.15, 0.2) is 12.3 Å². The van der Waals surface area contributed by atoms with Gasteiger partial charge in [0.2, 0.25) is 0 Å². The van der Waals surface area contributed by atoms with Gasteiger partial charge in [-0.25, -0.2) is 0 Å². The highest BCUT2D eigenvalue weighted by molar-refractivity contribution is 4.96. The molecule has 0 aromatic rings. The molecule has 1 unspecified atom stereocenters. The van der Waals surface area contributed by atoms with Crippen molar-refractivity contribution < 1.29 is 4.74 Å². The first-order valence-corrected chi connectivity index (χ1v) is 3.44. The normalized spacial score (nSPS) is 12.9. The van der Waals surface area contributed by atoms with Crippen LogP contribution in [-0.2, 0) is 4.74 Å². The van der Waals surface area contributed by atoms with E-state index in [9.17, 15) is 0 Å². The first-order chi connectivity index (χ1) is 4.85. The Balaban J connectivity index is 3.62. The van der Waals surface area contributed by atoms with Crippen molar-refractivity contribution in [2.24, 2.45) is 5.92 Å². The Morgan fingerprint density at radius 1 is 1.70 bits per heavy atom. The molecule has 0 fully saturated rings. The Bertz CT molecular complexity index is 135. The summed E-state index contributed by atoms with van der Waals surface area (Å²) in [4.78, 5) is 0. The predicted molar refractivity (Wildman–Crippen MR) is 40.2 cm³/mol. The average molecular weight is 139 g/mol. The molecule has 0 aromatic carbocycles. The smallest absolute Gasteiger partial charge is 0.0797 e. The molecule has 0 heterocycles. The molecule has 0 aliphatic rings. The lowest BCUT2D eigenvalue weighted by Gasteiger charge is -1.97. The molecule has 0 aromatic heterocycles. The second-order valence-electron chi connectivity index (χ2n) is 2.09. The molecule has 56 valence electrons. The van der Waals surface area contributed by atoms with E-state index >= 15 is 0 Å². The molecule has 0 aliphatic heterocycles. The second-order valence-corrected chi connectivity index (χ2v) is 2.09. The van der Waals surface area contributed by atoms with Crippen LogP contribution < -0.4 is 0 Å². The molecule has 0 N–H and O–H groups in total. The zero-order valence-electron chi connectivity index (χ0n) is 6.50. The molecular formula is C8H13NO. The van der Waals surface area contributed by atoms with Gasteiger partial charge in [0.15, 0.2) is 0 Å². The van der Waals surface area contributed by atoms with E-state index in [1.54, 1.807) is 19.4 Å². The average Bonchev–Trinajstić information content (AvgIpc) is 1.98. The number of nitriles is 1. The third-order valence-electron chi connectivity index (χ3n) is 1.21. The zero-order valence-corrected chi connectivity index (χ0v) is 6.50. The molecule has 0 radical (unpaired) electrons. The third kappa shape index (κ3) is 3.96. The van der Waals surface area contributed by atoms with Crippen molar-refractivity contribution in [2.45, 2.75) is 19.8 Å². The SMILES string of the molecule is CCCC(C#N)C=COC. The van der Waals surface area contributed by atoms with Crippen molar-refractivity contribution in [2.75, 3.05) is 7.11 Å². The summed E-state index contributed by atoms with van der Waals surface area (Å²) in [6.07, 6.45) is 5.29. The molecule has 2 nitrogen and oxygen atoms in total. The molecule has 0 bridgehead atoms. The maximum absolute atomic E-state index is 8.53. The van der Waals surface area contributed by atoms with Crippen LogP contribution in [0.2, 0.25) is 0 Å². The lowest BCUT2D eigenvalue weighted by atomic mass is 10.1. The van der Waals surface area contributed by atoms with Gasteiger partial charge in [0.05, 0.1) is 25.4 Å². The van der Waals surface area contributed by atoms with Crippen molar-refractivity contribution in [3.8, 4) is 6.07 Å². The summed E-state index contributed by atoms with van der Waals surface area (Å²) < 4.78 is 4.69. The minimum absolute atomic E-state index is 0.0185. The van der Waals surface area contributed by atoms with Gasteiger partial charge in [-0.3, -0.25) is 0 Å². The number of hydrogen-bond donors (Lipinski definition) is 0. The predicted octanol–water partition coefficient (Wildman–Crippen LogP) is 2.09. The van der Waals surface area contributed by atoms with Crippen molar-refractivity contribution in [1.82, 2.24) is 0 Å². The van der Waals surface area contributed by atoms with Gasteiger partial charge in [0, 0.05) is 0 Å². The van der Waals surface area contributed by atoms with E-state index in [2.05, 4.69) is 17.7 Å². The summed E-state index contributed by atoms with van der Waals surface area (Å²) in [5.41, 5.74) is 0. The molecule has 0 amide bonds. The van der Waals surface area contributed by atoms with E-state index in [4.69, 9.17) is 5.26 Å². The number of methoxy groups -OCH3 is 1.